The molecule has 2 aliphatic carbocycles. The molecule has 2 aliphatic rings. The Morgan fingerprint density at radius 2 is 1.97 bits per heavy atom. The molecule has 0 unspecified atom stereocenters. The number of fused-ring (bicyclic) bond motifs is 1. The number of nitrogens with one attached hydrogen (secondary N) is 1. The van der Waals surface area contributed by atoms with Crippen molar-refractivity contribution in [2.24, 2.45) is 7.05 Å². The molecule has 0 aliphatic heterocycles. The molecule has 0 spiro atoms. The molecule has 29 heavy (non-hydrogen) atoms. The van der Waals surface area contributed by atoms with Crippen LogP contribution in [0.1, 0.15) is 66.2 Å². The van der Waals surface area contributed by atoms with E-state index >= 15 is 0 Å². The minimum absolute atomic E-state index is 0.131. The van der Waals surface area contributed by atoms with Crippen molar-refractivity contribution in [3.8, 4) is 5.75 Å². The van der Waals surface area contributed by atoms with E-state index < -0.39 is 0 Å². The highest BCUT2D eigenvalue weighted by atomic mass is 16.5. The van der Waals surface area contributed by atoms with Gasteiger partial charge in [0.2, 0.25) is 0 Å². The third-order valence-electron chi connectivity index (χ3n) is 5.93. The molecule has 2 fully saturated rings. The first-order chi connectivity index (χ1) is 14.1. The van der Waals surface area contributed by atoms with Gasteiger partial charge in [-0.2, -0.15) is 5.10 Å². The molecule has 6 nitrogen and oxygen atoms in total. The number of hydrogen-bond acceptors (Lipinski definition) is 4. The maximum absolute atomic E-state index is 13.2. The average Bonchev–Trinajstić information content (AvgIpc) is 3.36. The molecule has 6 heteroatoms. The number of aromatic nitrogens is 3. The minimum Gasteiger partial charge on any atom is -0.490 e. The molecule has 0 saturated heterocycles. The second kappa shape index (κ2) is 7.17. The predicted octanol–water partition coefficient (Wildman–Crippen LogP) is 4.73. The normalized spacial score (nSPS) is 17.0. The number of hydrogen-bond donors (Lipinski definition) is 1. The van der Waals surface area contributed by atoms with Crippen LogP contribution in [0.2, 0.25) is 0 Å². The predicted molar refractivity (Wildman–Crippen MR) is 113 cm³/mol. The van der Waals surface area contributed by atoms with E-state index in [1.165, 1.54) is 12.8 Å². The number of anilines is 1. The molecule has 150 valence electrons. The summed E-state index contributed by atoms with van der Waals surface area (Å²) in [5.74, 6) is 1.14. The fourth-order valence-electron chi connectivity index (χ4n) is 4.28. The zero-order chi connectivity index (χ0) is 20.0. The van der Waals surface area contributed by atoms with Crippen molar-refractivity contribution in [2.75, 3.05) is 5.32 Å². The van der Waals surface area contributed by atoms with Gasteiger partial charge in [0.15, 0.2) is 5.65 Å². The third kappa shape index (κ3) is 3.59. The van der Waals surface area contributed by atoms with Gasteiger partial charge in [0, 0.05) is 30.4 Å². The first kappa shape index (κ1) is 18.2. The first-order valence-corrected chi connectivity index (χ1v) is 10.5. The molecule has 1 amide bonds. The van der Waals surface area contributed by atoms with Crippen LogP contribution in [0, 0.1) is 6.92 Å². The molecule has 0 atom stereocenters. The first-order valence-electron chi connectivity index (χ1n) is 10.5. The standard InChI is InChI=1S/C23H26N4O2/c1-14-21-19(13-20(15-10-11-15)25-22(21)27(2)26-14)23(28)24-16-6-5-9-18(12-16)29-17-7-3-4-8-17/h5-6,9,12-13,15,17H,3-4,7-8,10-11H2,1-2H3,(H,24,28). The van der Waals surface area contributed by atoms with Gasteiger partial charge >= 0.3 is 0 Å². The molecule has 1 aromatic carbocycles. The highest BCUT2D eigenvalue weighted by Crippen LogP contribution is 2.40. The number of benzene rings is 1. The summed E-state index contributed by atoms with van der Waals surface area (Å²) in [6.45, 7) is 1.92. The van der Waals surface area contributed by atoms with Crippen LogP contribution < -0.4 is 10.1 Å². The molecule has 0 radical (unpaired) electrons. The lowest BCUT2D eigenvalue weighted by Crippen LogP contribution is -2.14. The summed E-state index contributed by atoms with van der Waals surface area (Å²) in [5.41, 5.74) is 3.97. The Balaban J connectivity index is 1.44. The van der Waals surface area contributed by atoms with E-state index in [2.05, 4.69) is 10.4 Å². The summed E-state index contributed by atoms with van der Waals surface area (Å²) < 4.78 is 7.85. The van der Waals surface area contributed by atoms with Gasteiger partial charge < -0.3 is 10.1 Å². The SMILES string of the molecule is Cc1nn(C)c2nc(C3CC3)cc(C(=O)Nc3cccc(OC4CCCC4)c3)c12. The third-order valence-corrected chi connectivity index (χ3v) is 5.93. The number of rotatable bonds is 5. The van der Waals surface area contributed by atoms with Crippen molar-refractivity contribution in [2.45, 2.75) is 57.5 Å². The van der Waals surface area contributed by atoms with Crippen molar-refractivity contribution < 1.29 is 9.53 Å². The molecular weight excluding hydrogens is 364 g/mol. The Morgan fingerprint density at radius 3 is 2.72 bits per heavy atom. The van der Waals surface area contributed by atoms with Crippen LogP contribution in [0.4, 0.5) is 5.69 Å². The van der Waals surface area contributed by atoms with Gasteiger partial charge in [-0.15, -0.1) is 0 Å². The van der Waals surface area contributed by atoms with E-state index in [0.29, 0.717) is 17.6 Å². The van der Waals surface area contributed by atoms with Gasteiger partial charge in [-0.05, 0) is 63.6 Å². The maximum Gasteiger partial charge on any atom is 0.256 e. The number of ether oxygens (including phenoxy) is 1. The smallest absolute Gasteiger partial charge is 0.256 e. The zero-order valence-corrected chi connectivity index (χ0v) is 16.9. The Bertz CT molecular complexity index is 1080. The summed E-state index contributed by atoms with van der Waals surface area (Å²) in [4.78, 5) is 18.0. The van der Waals surface area contributed by atoms with Crippen LogP contribution in [-0.4, -0.2) is 26.8 Å². The average molecular weight is 390 g/mol. The van der Waals surface area contributed by atoms with E-state index in [4.69, 9.17) is 9.72 Å². The molecule has 2 saturated carbocycles. The summed E-state index contributed by atoms with van der Waals surface area (Å²) >= 11 is 0. The van der Waals surface area contributed by atoms with Crippen molar-refractivity contribution in [1.82, 2.24) is 14.8 Å². The Morgan fingerprint density at radius 1 is 1.17 bits per heavy atom. The largest absolute Gasteiger partial charge is 0.490 e. The quantitative estimate of drug-likeness (QED) is 0.684. The van der Waals surface area contributed by atoms with E-state index in [1.54, 1.807) is 4.68 Å². The molecule has 2 heterocycles. The van der Waals surface area contributed by atoms with Gasteiger partial charge in [0.25, 0.3) is 5.91 Å². The number of carbonyl (C=O) groups is 1. The molecular formula is C23H26N4O2. The topological polar surface area (TPSA) is 69.0 Å². The lowest BCUT2D eigenvalue weighted by Gasteiger charge is -2.14. The molecule has 5 rings (SSSR count). The van der Waals surface area contributed by atoms with Gasteiger partial charge in [-0.1, -0.05) is 6.07 Å². The minimum atomic E-state index is -0.131. The maximum atomic E-state index is 13.2. The number of amides is 1. The van der Waals surface area contributed by atoms with Gasteiger partial charge in [0.1, 0.15) is 5.75 Å². The fourth-order valence-corrected chi connectivity index (χ4v) is 4.28. The van der Waals surface area contributed by atoms with Crippen molar-refractivity contribution in [1.29, 1.82) is 0 Å². The summed E-state index contributed by atoms with van der Waals surface area (Å²) in [6, 6.07) is 9.63. The molecule has 1 N–H and O–H groups in total. The monoisotopic (exact) mass is 390 g/mol. The highest BCUT2D eigenvalue weighted by Gasteiger charge is 2.28. The fraction of sp³-hybridized carbons (Fsp3) is 0.435. The van der Waals surface area contributed by atoms with Crippen LogP contribution in [0.5, 0.6) is 5.75 Å². The van der Waals surface area contributed by atoms with E-state index in [9.17, 15) is 4.79 Å². The van der Waals surface area contributed by atoms with E-state index in [0.717, 1.165) is 59.5 Å². The van der Waals surface area contributed by atoms with Crippen LogP contribution >= 0.6 is 0 Å². The van der Waals surface area contributed by atoms with Crippen LogP contribution in [0.15, 0.2) is 30.3 Å². The van der Waals surface area contributed by atoms with Crippen LogP contribution in [0.25, 0.3) is 11.0 Å². The summed E-state index contributed by atoms with van der Waals surface area (Å²) in [7, 11) is 1.88. The Hall–Kier alpha value is -2.89. The van der Waals surface area contributed by atoms with Gasteiger partial charge in [-0.3, -0.25) is 9.48 Å². The van der Waals surface area contributed by atoms with Crippen molar-refractivity contribution in [3.63, 3.8) is 0 Å². The van der Waals surface area contributed by atoms with Gasteiger partial charge in [0.05, 0.1) is 22.7 Å². The number of carbonyl (C=O) groups excluding carboxylic acids is 1. The number of nitrogens with zero attached hydrogens (tertiary/aromatic N) is 3. The lowest BCUT2D eigenvalue weighted by atomic mass is 10.1. The van der Waals surface area contributed by atoms with Crippen molar-refractivity contribution >= 4 is 22.6 Å². The van der Waals surface area contributed by atoms with Crippen LogP contribution in [-0.2, 0) is 7.05 Å². The molecule has 2 aromatic heterocycles. The molecule has 3 aromatic rings. The number of aryl methyl sites for hydroxylation is 2. The zero-order valence-electron chi connectivity index (χ0n) is 16.9. The second-order valence-corrected chi connectivity index (χ2v) is 8.28. The van der Waals surface area contributed by atoms with Crippen LogP contribution in [0.3, 0.4) is 0 Å². The highest BCUT2D eigenvalue weighted by molar-refractivity contribution is 6.12. The number of pyridine rings is 1. The second-order valence-electron chi connectivity index (χ2n) is 8.28. The summed E-state index contributed by atoms with van der Waals surface area (Å²) in [6.07, 6.45) is 7.24. The molecule has 0 bridgehead atoms. The summed E-state index contributed by atoms with van der Waals surface area (Å²) in [5, 5.41) is 8.37. The Labute approximate surface area is 170 Å². The van der Waals surface area contributed by atoms with Gasteiger partial charge in [-0.25, -0.2) is 4.98 Å². The van der Waals surface area contributed by atoms with Crippen molar-refractivity contribution in [3.05, 3.63) is 47.3 Å². The lowest BCUT2D eigenvalue weighted by molar-refractivity contribution is 0.102. The van der Waals surface area contributed by atoms with E-state index in [1.807, 2.05) is 44.3 Å². The Kier molecular flexibility index (Phi) is 4.49. The van der Waals surface area contributed by atoms with E-state index in [-0.39, 0.29) is 5.91 Å².